The molecule has 0 radical (unpaired) electrons. The maximum atomic E-state index is 10.2. The topological polar surface area (TPSA) is 123 Å². The van der Waals surface area contributed by atoms with Crippen molar-refractivity contribution in [2.24, 2.45) is 11.5 Å². The van der Waals surface area contributed by atoms with E-state index in [-0.39, 0.29) is 0 Å². The van der Waals surface area contributed by atoms with Gasteiger partial charge in [0.05, 0.1) is 0 Å². The van der Waals surface area contributed by atoms with Crippen LogP contribution < -0.4 is 11.5 Å². The number of hydrogen-bond donors (Lipinski definition) is 3. The Hall–Kier alpha value is -1.85. The fourth-order valence-corrected chi connectivity index (χ4v) is 0.381. The van der Waals surface area contributed by atoms with Gasteiger partial charge in [0.15, 0.2) is 0 Å². The minimum absolute atomic E-state index is 0.463. The lowest BCUT2D eigenvalue weighted by Gasteiger charge is -1.92. The Balaban J connectivity index is 4.75. The van der Waals surface area contributed by atoms with Gasteiger partial charge in [-0.2, -0.15) is 0 Å². The summed E-state index contributed by atoms with van der Waals surface area (Å²) >= 11 is 0. The van der Waals surface area contributed by atoms with Gasteiger partial charge in [-0.15, -0.1) is 0 Å². The summed E-state index contributed by atoms with van der Waals surface area (Å²) < 4.78 is 0. The first-order valence-corrected chi connectivity index (χ1v) is 2.49. The van der Waals surface area contributed by atoms with Crippen LogP contribution in [0.25, 0.3) is 0 Å². The molecule has 11 heavy (non-hydrogen) atoms. The van der Waals surface area contributed by atoms with Crippen molar-refractivity contribution in [2.45, 2.75) is 0 Å². The maximum Gasteiger partial charge on any atom is 0.341 e. The van der Waals surface area contributed by atoms with E-state index < -0.39 is 23.4 Å². The molecule has 0 aliphatic carbocycles. The van der Waals surface area contributed by atoms with Crippen LogP contribution in [0.15, 0.2) is 11.6 Å². The first-order valence-electron chi connectivity index (χ1n) is 2.49. The molecular formula is C5H6N2O4. The van der Waals surface area contributed by atoms with Gasteiger partial charge in [0.1, 0.15) is 5.57 Å². The molecule has 0 heterocycles. The number of carboxylic acid groups (broad SMARTS) is 1. The number of hydrogen-bond acceptors (Lipinski definition) is 3. The molecule has 0 atom stereocenters. The SMILES string of the molecule is NC(=O)/C=C(\C(N)=O)C(=O)O. The monoisotopic (exact) mass is 158 g/mol. The van der Waals surface area contributed by atoms with E-state index in [9.17, 15) is 14.4 Å². The van der Waals surface area contributed by atoms with Crippen LogP contribution in [0.3, 0.4) is 0 Å². The molecule has 0 unspecified atom stereocenters. The number of nitrogens with two attached hydrogens (primary N) is 2. The van der Waals surface area contributed by atoms with Crippen molar-refractivity contribution in [2.75, 3.05) is 0 Å². The van der Waals surface area contributed by atoms with Gasteiger partial charge in [-0.3, -0.25) is 9.59 Å². The molecule has 0 aromatic heterocycles. The van der Waals surface area contributed by atoms with Crippen LogP contribution in [-0.4, -0.2) is 22.9 Å². The summed E-state index contributed by atoms with van der Waals surface area (Å²) in [5.74, 6) is -3.80. The molecule has 0 bridgehead atoms. The normalized spacial score (nSPS) is 10.7. The van der Waals surface area contributed by atoms with Crippen LogP contribution in [0.2, 0.25) is 0 Å². The molecule has 0 rings (SSSR count). The fraction of sp³-hybridized carbons (Fsp3) is 0. The molecule has 0 saturated heterocycles. The van der Waals surface area contributed by atoms with E-state index in [0.29, 0.717) is 6.08 Å². The summed E-state index contributed by atoms with van der Waals surface area (Å²) in [7, 11) is 0. The number of carboxylic acids is 1. The molecule has 0 aliphatic heterocycles. The zero-order valence-corrected chi connectivity index (χ0v) is 5.40. The lowest BCUT2D eigenvalue weighted by molar-refractivity contribution is -0.134. The second-order valence-electron chi connectivity index (χ2n) is 1.63. The number of rotatable bonds is 3. The number of primary amides is 2. The molecule has 60 valence electrons. The predicted octanol–water partition coefficient (Wildman–Crippen LogP) is -2.03. The van der Waals surface area contributed by atoms with Crippen molar-refractivity contribution < 1.29 is 19.5 Å². The number of carbonyl (C=O) groups excluding carboxylic acids is 2. The lowest BCUT2D eigenvalue weighted by Crippen LogP contribution is -2.23. The highest BCUT2D eigenvalue weighted by atomic mass is 16.4. The zero-order chi connectivity index (χ0) is 9.02. The third kappa shape index (κ3) is 2.99. The van der Waals surface area contributed by atoms with Crippen molar-refractivity contribution in [1.82, 2.24) is 0 Å². The second kappa shape index (κ2) is 3.35. The van der Waals surface area contributed by atoms with E-state index in [1.54, 1.807) is 0 Å². The smallest absolute Gasteiger partial charge is 0.341 e. The molecule has 5 N–H and O–H groups in total. The quantitative estimate of drug-likeness (QED) is 0.249. The zero-order valence-electron chi connectivity index (χ0n) is 5.40. The summed E-state index contributed by atoms with van der Waals surface area (Å²) in [6.07, 6.45) is 0.463. The van der Waals surface area contributed by atoms with E-state index in [4.69, 9.17) is 5.11 Å². The van der Waals surface area contributed by atoms with Crippen LogP contribution in [0.5, 0.6) is 0 Å². The van der Waals surface area contributed by atoms with Gasteiger partial charge < -0.3 is 16.6 Å². The Bertz CT molecular complexity index is 227. The van der Waals surface area contributed by atoms with Gasteiger partial charge in [0.25, 0.3) is 5.91 Å². The maximum absolute atomic E-state index is 10.2. The highest BCUT2D eigenvalue weighted by Crippen LogP contribution is 1.91. The Kier molecular flexibility index (Phi) is 2.79. The van der Waals surface area contributed by atoms with Crippen molar-refractivity contribution in [3.05, 3.63) is 11.6 Å². The first kappa shape index (κ1) is 9.15. The van der Waals surface area contributed by atoms with E-state index in [0.717, 1.165) is 0 Å². The fourth-order valence-electron chi connectivity index (χ4n) is 0.381. The second-order valence-corrected chi connectivity index (χ2v) is 1.63. The third-order valence-electron chi connectivity index (χ3n) is 0.782. The van der Waals surface area contributed by atoms with Crippen LogP contribution in [0.4, 0.5) is 0 Å². The minimum Gasteiger partial charge on any atom is -0.477 e. The summed E-state index contributed by atoms with van der Waals surface area (Å²) in [5, 5.41) is 8.22. The Morgan fingerprint density at radius 2 is 1.64 bits per heavy atom. The Morgan fingerprint density at radius 3 is 1.73 bits per heavy atom. The molecule has 0 aromatic carbocycles. The van der Waals surface area contributed by atoms with Crippen molar-refractivity contribution in [3.63, 3.8) is 0 Å². The molecule has 6 nitrogen and oxygen atoms in total. The third-order valence-corrected chi connectivity index (χ3v) is 0.782. The number of amides is 2. The van der Waals surface area contributed by atoms with Gasteiger partial charge >= 0.3 is 5.97 Å². The molecule has 0 saturated carbocycles. The lowest BCUT2D eigenvalue weighted by atomic mass is 10.2. The standard InChI is InChI=1S/C5H6N2O4/c6-3(8)1-2(4(7)9)5(10)11/h1H,(H2,6,8)(H2,7,9)(H,10,11)/b2-1+. The molecular weight excluding hydrogens is 152 g/mol. The summed E-state index contributed by atoms with van der Waals surface area (Å²) in [6, 6.07) is 0. The average molecular weight is 158 g/mol. The summed E-state index contributed by atoms with van der Waals surface area (Å²) in [4.78, 5) is 30.4. The van der Waals surface area contributed by atoms with E-state index in [2.05, 4.69) is 11.5 Å². The molecule has 2 amide bonds. The van der Waals surface area contributed by atoms with Crippen molar-refractivity contribution >= 4 is 17.8 Å². The van der Waals surface area contributed by atoms with Gasteiger partial charge in [0.2, 0.25) is 5.91 Å². The largest absolute Gasteiger partial charge is 0.477 e. The molecule has 0 fully saturated rings. The van der Waals surface area contributed by atoms with Gasteiger partial charge in [0, 0.05) is 6.08 Å². The first-order chi connectivity index (χ1) is 4.95. The van der Waals surface area contributed by atoms with Crippen LogP contribution in [-0.2, 0) is 14.4 Å². The highest BCUT2D eigenvalue weighted by Gasteiger charge is 2.14. The van der Waals surface area contributed by atoms with E-state index in [1.165, 1.54) is 0 Å². The molecule has 0 spiro atoms. The number of aliphatic carboxylic acids is 1. The van der Waals surface area contributed by atoms with Crippen molar-refractivity contribution in [1.29, 1.82) is 0 Å². The Morgan fingerprint density at radius 1 is 1.18 bits per heavy atom. The molecule has 0 aromatic rings. The Labute approximate surface area is 61.5 Å². The van der Waals surface area contributed by atoms with Crippen LogP contribution in [0, 0.1) is 0 Å². The van der Waals surface area contributed by atoms with Gasteiger partial charge in [-0.25, -0.2) is 4.79 Å². The minimum atomic E-state index is -1.57. The average Bonchev–Trinajstić information content (AvgIpc) is 1.81. The molecule has 0 aliphatic rings. The van der Waals surface area contributed by atoms with Gasteiger partial charge in [-0.05, 0) is 0 Å². The van der Waals surface area contributed by atoms with E-state index >= 15 is 0 Å². The van der Waals surface area contributed by atoms with Crippen LogP contribution >= 0.6 is 0 Å². The predicted molar refractivity (Wildman–Crippen MR) is 34.1 cm³/mol. The molecule has 6 heteroatoms. The van der Waals surface area contributed by atoms with Gasteiger partial charge in [-0.1, -0.05) is 0 Å². The van der Waals surface area contributed by atoms with Crippen molar-refractivity contribution in [3.8, 4) is 0 Å². The summed E-state index contributed by atoms with van der Waals surface area (Å²) in [5.41, 5.74) is 8.35. The summed E-state index contributed by atoms with van der Waals surface area (Å²) in [6.45, 7) is 0. The van der Waals surface area contributed by atoms with Crippen LogP contribution in [0.1, 0.15) is 0 Å². The van der Waals surface area contributed by atoms with E-state index in [1.807, 2.05) is 0 Å². The number of carbonyl (C=O) groups is 3. The highest BCUT2D eigenvalue weighted by molar-refractivity contribution is 6.18.